The molecule has 2 heterocycles. The summed E-state index contributed by atoms with van der Waals surface area (Å²) >= 11 is -0.178. The lowest BCUT2D eigenvalue weighted by atomic mass is 10.2. The van der Waals surface area contributed by atoms with Gasteiger partial charge in [-0.1, -0.05) is 32.9 Å². The normalized spacial score (nSPS) is 16.6. The molecule has 5 heteroatoms. The second-order valence-electron chi connectivity index (χ2n) is 3.69. The molecule has 0 bridgehead atoms. The minimum atomic E-state index is -0.848. The summed E-state index contributed by atoms with van der Waals surface area (Å²) in [7, 11) is 0. The highest BCUT2D eigenvalue weighted by Gasteiger charge is 2.23. The first-order valence-electron chi connectivity index (χ1n) is 5.10. The second-order valence-corrected chi connectivity index (χ2v) is 6.49. The topological polar surface area (TPSA) is 52.9 Å². The number of anilines is 1. The van der Waals surface area contributed by atoms with Crippen LogP contribution in [0.15, 0.2) is 41.2 Å². The minimum Gasteiger partial charge on any atom is -0.481 e. The van der Waals surface area contributed by atoms with E-state index in [1.165, 1.54) is 12.9 Å². The molecule has 17 heavy (non-hydrogen) atoms. The van der Waals surface area contributed by atoms with Crippen molar-refractivity contribution in [3.05, 3.63) is 39.7 Å². The van der Waals surface area contributed by atoms with E-state index >= 15 is 0 Å². The predicted molar refractivity (Wildman–Crippen MR) is 75.5 cm³/mol. The Labute approximate surface area is 108 Å². The van der Waals surface area contributed by atoms with E-state index in [1.807, 2.05) is 24.5 Å². The third-order valence-corrected chi connectivity index (χ3v) is 5.33. The molecule has 0 atom stereocenters. The largest absolute Gasteiger partial charge is 0.481 e. The number of hydrogen-bond acceptors (Lipinski definition) is 3. The van der Waals surface area contributed by atoms with Crippen molar-refractivity contribution in [2.24, 2.45) is 4.99 Å². The number of nitrogens with zero attached hydrogens (tertiary/aromatic N) is 2. The number of aliphatic imine (C=N–C) groups is 1. The zero-order valence-electron chi connectivity index (χ0n) is 8.80. The number of carboxylic acids is 1. The number of para-hydroxylation sites is 1. The smallest absolute Gasteiger partial charge is 0.309 e. The summed E-state index contributed by atoms with van der Waals surface area (Å²) in [5, 5.41) is 8.77. The fourth-order valence-corrected chi connectivity index (χ4v) is 4.41. The van der Waals surface area contributed by atoms with Gasteiger partial charge in [-0.3, -0.25) is 9.79 Å². The van der Waals surface area contributed by atoms with Crippen LogP contribution in [0.2, 0.25) is 0 Å². The average Bonchev–Trinajstić information content (AvgIpc) is 2.66. The first-order chi connectivity index (χ1) is 8.24. The van der Waals surface area contributed by atoms with E-state index in [4.69, 9.17) is 5.11 Å². The molecule has 1 aromatic carbocycles. The van der Waals surface area contributed by atoms with Crippen LogP contribution in [0, 0.1) is 3.57 Å². The van der Waals surface area contributed by atoms with Gasteiger partial charge >= 0.3 is 5.97 Å². The van der Waals surface area contributed by atoms with E-state index in [0.29, 0.717) is 5.70 Å². The summed E-state index contributed by atoms with van der Waals surface area (Å²) in [5.74, 6) is -0.848. The Morgan fingerprint density at radius 2 is 2.24 bits per heavy atom. The predicted octanol–water partition coefficient (Wildman–Crippen LogP) is 2.18. The molecule has 2 aliphatic rings. The van der Waals surface area contributed by atoms with Crippen LogP contribution >= 0.6 is 20.7 Å². The highest BCUT2D eigenvalue weighted by Crippen LogP contribution is 2.36. The number of carboxylic acid groups (broad SMARTS) is 1. The van der Waals surface area contributed by atoms with Crippen molar-refractivity contribution in [1.82, 2.24) is 0 Å². The molecule has 0 radical (unpaired) electrons. The monoisotopic (exact) mass is 340 g/mol. The molecule has 0 aromatic heterocycles. The summed E-state index contributed by atoms with van der Waals surface area (Å²) in [6.45, 7) is 0. The van der Waals surface area contributed by atoms with Crippen molar-refractivity contribution in [2.45, 2.75) is 6.42 Å². The third kappa shape index (κ3) is 1.90. The molecule has 0 unspecified atom stereocenters. The van der Waals surface area contributed by atoms with Gasteiger partial charge in [0.2, 0.25) is 0 Å². The van der Waals surface area contributed by atoms with Gasteiger partial charge in [-0.15, -0.1) is 0 Å². The zero-order chi connectivity index (χ0) is 11.8. The summed E-state index contributed by atoms with van der Waals surface area (Å²) in [6.07, 6.45) is 3.63. The molecule has 1 aromatic rings. The van der Waals surface area contributed by atoms with Gasteiger partial charge in [0.05, 0.1) is 27.7 Å². The molecule has 1 N–H and O–H groups in total. The quantitative estimate of drug-likeness (QED) is 0.840. The molecule has 0 aliphatic carbocycles. The standard InChI is InChI=1S/C12H9IN2O2/c16-12(17)5-8-7-15-10-4-2-1-3-9(10)13-11(15)6-14-8/h1-4,6-7H,5H2,(H,16,17). The van der Waals surface area contributed by atoms with Crippen molar-refractivity contribution in [1.29, 1.82) is 0 Å². The number of aliphatic carboxylic acids is 1. The summed E-state index contributed by atoms with van der Waals surface area (Å²) in [5.41, 5.74) is 1.77. The van der Waals surface area contributed by atoms with Crippen LogP contribution in [0.3, 0.4) is 0 Å². The highest BCUT2D eigenvalue weighted by atomic mass is 127. The Balaban J connectivity index is 1.99. The lowest BCUT2D eigenvalue weighted by Gasteiger charge is -2.20. The Kier molecular flexibility index (Phi) is 2.54. The maximum atomic E-state index is 10.7. The molecule has 3 rings (SSSR count). The van der Waals surface area contributed by atoms with Gasteiger partial charge in [0, 0.05) is 9.77 Å². The average molecular weight is 340 g/mol. The van der Waals surface area contributed by atoms with Gasteiger partial charge in [-0.05, 0) is 12.1 Å². The Morgan fingerprint density at radius 1 is 1.41 bits per heavy atom. The molecular weight excluding hydrogens is 331 g/mol. The number of halogens is 1. The first-order valence-corrected chi connectivity index (χ1v) is 7.26. The molecule has 0 fully saturated rings. The minimum absolute atomic E-state index is 0.0270. The van der Waals surface area contributed by atoms with Gasteiger partial charge in [0.25, 0.3) is 0 Å². The fourth-order valence-electron chi connectivity index (χ4n) is 1.77. The second kappa shape index (κ2) is 4.06. The number of benzene rings is 1. The molecule has 0 saturated carbocycles. The maximum Gasteiger partial charge on any atom is 0.309 e. The van der Waals surface area contributed by atoms with Gasteiger partial charge in [0.1, 0.15) is 0 Å². The van der Waals surface area contributed by atoms with Crippen molar-refractivity contribution in [2.75, 3.05) is 4.90 Å². The zero-order valence-corrected chi connectivity index (χ0v) is 11.0. The number of fused-ring (bicyclic) bond motifs is 3. The number of rotatable bonds is 2. The summed E-state index contributed by atoms with van der Waals surface area (Å²) in [4.78, 5) is 16.9. The summed E-state index contributed by atoms with van der Waals surface area (Å²) in [6, 6.07) is 8.24. The van der Waals surface area contributed by atoms with Crippen LogP contribution < -0.4 is 4.90 Å². The van der Waals surface area contributed by atoms with E-state index < -0.39 is 5.97 Å². The van der Waals surface area contributed by atoms with Crippen LogP contribution in [0.5, 0.6) is 0 Å². The maximum absolute atomic E-state index is 10.7. The van der Waals surface area contributed by atoms with Crippen LogP contribution in [0.1, 0.15) is 6.42 Å². The van der Waals surface area contributed by atoms with Gasteiger partial charge in [0.15, 0.2) is 0 Å². The SMILES string of the molecule is O=C(O)CC1=CN2C(=Ic3ccccc32)C=N1. The van der Waals surface area contributed by atoms with Crippen LogP contribution in [0.25, 0.3) is 0 Å². The molecule has 2 aliphatic heterocycles. The van der Waals surface area contributed by atoms with Crippen LogP contribution in [0.4, 0.5) is 5.69 Å². The summed E-state index contributed by atoms with van der Waals surface area (Å²) < 4.78 is 2.57. The van der Waals surface area contributed by atoms with Crippen LogP contribution in [-0.4, -0.2) is 20.9 Å². The first kappa shape index (κ1) is 10.6. The van der Waals surface area contributed by atoms with Gasteiger partial charge < -0.3 is 10.0 Å². The van der Waals surface area contributed by atoms with E-state index in [2.05, 4.69) is 22.0 Å². The van der Waals surface area contributed by atoms with Crippen molar-refractivity contribution >= 4 is 42.2 Å². The lowest BCUT2D eigenvalue weighted by Crippen LogP contribution is -2.26. The van der Waals surface area contributed by atoms with Crippen LogP contribution in [-0.2, 0) is 4.79 Å². The molecular formula is C12H9IN2O2. The number of hydrogen-bond donors (Lipinski definition) is 1. The van der Waals surface area contributed by atoms with E-state index in [9.17, 15) is 4.79 Å². The van der Waals surface area contributed by atoms with Crippen molar-refractivity contribution in [3.63, 3.8) is 0 Å². The van der Waals surface area contributed by atoms with Crippen molar-refractivity contribution in [3.8, 4) is 0 Å². The Bertz CT molecular complexity index is 590. The number of carbonyl (C=O) groups is 1. The Morgan fingerprint density at radius 3 is 3.06 bits per heavy atom. The lowest BCUT2D eigenvalue weighted by molar-refractivity contribution is -0.136. The molecule has 0 amide bonds. The van der Waals surface area contributed by atoms with Gasteiger partial charge in [-0.25, -0.2) is 0 Å². The third-order valence-electron chi connectivity index (χ3n) is 2.49. The van der Waals surface area contributed by atoms with E-state index in [-0.39, 0.29) is 27.2 Å². The Hall–Kier alpha value is -1.50. The molecule has 4 nitrogen and oxygen atoms in total. The van der Waals surface area contributed by atoms with E-state index in [0.717, 1.165) is 0 Å². The molecule has 86 valence electrons. The highest BCUT2D eigenvalue weighted by molar-refractivity contribution is 14.2. The van der Waals surface area contributed by atoms with E-state index in [1.54, 1.807) is 0 Å². The van der Waals surface area contributed by atoms with Crippen molar-refractivity contribution < 1.29 is 9.90 Å². The fraction of sp³-hybridized carbons (Fsp3) is 0.0833. The molecule has 0 saturated heterocycles. The van der Waals surface area contributed by atoms with Gasteiger partial charge in [-0.2, -0.15) is 0 Å². The molecule has 0 spiro atoms.